The summed E-state index contributed by atoms with van der Waals surface area (Å²) in [6.45, 7) is 8.48. The van der Waals surface area contributed by atoms with Gasteiger partial charge in [-0.2, -0.15) is 9.83 Å². The summed E-state index contributed by atoms with van der Waals surface area (Å²) < 4.78 is 50.1. The average Bonchev–Trinajstić information content (AvgIpc) is 3.28. The molecule has 0 saturated heterocycles. The molecular weight excluding hydrogens is 416 g/mol. The Morgan fingerprint density at radius 2 is 1.79 bits per heavy atom. The van der Waals surface area contributed by atoms with Crippen LogP contribution in [0.5, 0.6) is 0 Å². The van der Waals surface area contributed by atoms with Gasteiger partial charge in [0.2, 0.25) is 5.69 Å². The second kappa shape index (κ2) is 8.47. The van der Waals surface area contributed by atoms with Crippen molar-refractivity contribution in [1.29, 1.82) is 5.26 Å². The molecule has 0 aliphatic rings. The van der Waals surface area contributed by atoms with Crippen molar-refractivity contribution in [2.45, 2.75) is 34.1 Å². The highest BCUT2D eigenvalue weighted by Gasteiger charge is 2.25. The van der Waals surface area contributed by atoms with Gasteiger partial charge in [-0.05, 0) is 48.1 Å². The Morgan fingerprint density at radius 3 is 2.50 bits per heavy atom. The smallest absolute Gasteiger partial charge is 0.216 e. The molecule has 3 heteroatoms. The molecule has 0 saturated carbocycles. The van der Waals surface area contributed by atoms with Crippen LogP contribution in [0.1, 0.15) is 43.1 Å². The van der Waals surface area contributed by atoms with E-state index in [9.17, 15) is 5.26 Å². The minimum absolute atomic E-state index is 0.0492. The van der Waals surface area contributed by atoms with Crippen molar-refractivity contribution in [2.75, 3.05) is 0 Å². The minimum atomic E-state index is -0.453. The first-order chi connectivity index (χ1) is 18.5. The van der Waals surface area contributed by atoms with E-state index in [1.807, 2.05) is 26.1 Å². The summed E-state index contributed by atoms with van der Waals surface area (Å²) in [5, 5.41) is 11.3. The number of hydrogen-bond acceptors (Lipinski definition) is 2. The molecule has 2 heterocycles. The number of hydrogen-bond donors (Lipinski definition) is 0. The number of fused-ring (bicyclic) bond motifs is 3. The molecule has 0 bridgehead atoms. The van der Waals surface area contributed by atoms with Gasteiger partial charge in [-0.25, -0.2) is 0 Å². The fourth-order valence-electron chi connectivity index (χ4n) is 4.73. The maximum absolute atomic E-state index is 10.00. The van der Waals surface area contributed by atoms with Gasteiger partial charge in [0.05, 0.1) is 24.0 Å². The molecule has 3 aromatic carbocycles. The van der Waals surface area contributed by atoms with Gasteiger partial charge in [0, 0.05) is 35.4 Å². The zero-order chi connectivity index (χ0) is 28.3. The molecule has 5 aromatic rings. The monoisotopic (exact) mass is 450 g/mol. The molecule has 0 atom stereocenters. The van der Waals surface area contributed by atoms with Gasteiger partial charge in [-0.15, -0.1) is 0 Å². The minimum Gasteiger partial charge on any atom is -0.454 e. The van der Waals surface area contributed by atoms with Crippen molar-refractivity contribution >= 4 is 21.9 Å². The second-order valence-electron chi connectivity index (χ2n) is 9.26. The van der Waals surface area contributed by atoms with E-state index in [1.54, 1.807) is 12.1 Å². The van der Waals surface area contributed by atoms with Gasteiger partial charge in [-0.1, -0.05) is 56.2 Å². The van der Waals surface area contributed by atoms with Gasteiger partial charge in [0.25, 0.3) is 0 Å². The Balaban J connectivity index is 1.93. The highest BCUT2D eigenvalue weighted by Crippen LogP contribution is 2.42. The van der Waals surface area contributed by atoms with Crippen molar-refractivity contribution in [1.82, 2.24) is 0 Å². The van der Waals surface area contributed by atoms with Crippen molar-refractivity contribution in [2.24, 2.45) is 13.0 Å². The number of furan rings is 1. The first-order valence-electron chi connectivity index (χ1n) is 13.9. The number of rotatable bonds is 4. The molecule has 0 amide bonds. The SMILES string of the molecule is [2H]c1c([2H])c([2H])c(-c2ccc(C#N)c3c2oc2c(-c4cc(CC(C)C)cc(C)[n+]4C)c(C)ccc23)c([2H])c1[2H]. The fraction of sp³-hybridized carbons (Fsp3) is 0.226. The van der Waals surface area contributed by atoms with E-state index in [0.29, 0.717) is 33.6 Å². The normalized spacial score (nSPS) is 13.5. The summed E-state index contributed by atoms with van der Waals surface area (Å²) in [4.78, 5) is 0. The summed E-state index contributed by atoms with van der Waals surface area (Å²) in [7, 11) is 2.02. The molecule has 5 rings (SSSR count). The molecule has 0 radical (unpaired) electrons. The molecule has 0 unspecified atom stereocenters. The quantitative estimate of drug-likeness (QED) is 0.267. The first-order valence-corrected chi connectivity index (χ1v) is 11.4. The average molecular weight is 451 g/mol. The molecule has 34 heavy (non-hydrogen) atoms. The lowest BCUT2D eigenvalue weighted by molar-refractivity contribution is -0.666. The maximum Gasteiger partial charge on any atom is 0.216 e. The molecule has 2 aromatic heterocycles. The number of aromatic nitrogens is 1. The van der Waals surface area contributed by atoms with Crippen LogP contribution in [0.25, 0.3) is 44.3 Å². The van der Waals surface area contributed by atoms with Gasteiger partial charge < -0.3 is 4.42 Å². The van der Waals surface area contributed by atoms with Crippen LogP contribution in [0, 0.1) is 31.1 Å². The van der Waals surface area contributed by atoms with Gasteiger partial charge >= 0.3 is 0 Å². The first kappa shape index (κ1) is 16.7. The van der Waals surface area contributed by atoms with Crippen LogP contribution in [0.15, 0.2) is 71.0 Å². The molecule has 168 valence electrons. The van der Waals surface area contributed by atoms with E-state index in [0.717, 1.165) is 34.3 Å². The van der Waals surface area contributed by atoms with Crippen LogP contribution in [0.4, 0.5) is 0 Å². The summed E-state index contributed by atoms with van der Waals surface area (Å²) in [5.41, 5.74) is 6.93. The lowest BCUT2D eigenvalue weighted by Gasteiger charge is -2.11. The van der Waals surface area contributed by atoms with E-state index in [2.05, 4.69) is 43.5 Å². The molecule has 3 nitrogen and oxygen atoms in total. The van der Waals surface area contributed by atoms with Crippen LogP contribution in [-0.2, 0) is 13.5 Å². The Hall–Kier alpha value is -3.90. The van der Waals surface area contributed by atoms with E-state index >= 15 is 0 Å². The third-order valence-electron chi connectivity index (χ3n) is 6.39. The predicted molar refractivity (Wildman–Crippen MR) is 138 cm³/mol. The molecule has 0 aliphatic heterocycles. The number of nitriles is 1. The van der Waals surface area contributed by atoms with Crippen LogP contribution >= 0.6 is 0 Å². The summed E-state index contributed by atoms with van der Waals surface area (Å²) in [5.74, 6) is 0.492. The second-order valence-corrected chi connectivity index (χ2v) is 9.26. The third kappa shape index (κ3) is 3.56. The Bertz CT molecular complexity index is 1840. The zero-order valence-electron chi connectivity index (χ0n) is 25.1. The predicted octanol–water partition coefficient (Wildman–Crippen LogP) is 7.43. The Morgan fingerprint density at radius 1 is 1.03 bits per heavy atom. The van der Waals surface area contributed by atoms with Crippen LogP contribution in [0.2, 0.25) is 0 Å². The van der Waals surface area contributed by atoms with Crippen molar-refractivity contribution < 1.29 is 15.8 Å². The fourth-order valence-corrected chi connectivity index (χ4v) is 4.73. The molecule has 0 aliphatic carbocycles. The van der Waals surface area contributed by atoms with E-state index in [-0.39, 0.29) is 17.6 Å². The number of pyridine rings is 1. The topological polar surface area (TPSA) is 40.8 Å². The third-order valence-corrected chi connectivity index (χ3v) is 6.39. The zero-order valence-corrected chi connectivity index (χ0v) is 20.1. The van der Waals surface area contributed by atoms with Gasteiger partial charge in [-0.3, -0.25) is 0 Å². The van der Waals surface area contributed by atoms with Crippen LogP contribution < -0.4 is 4.57 Å². The number of benzene rings is 3. The molecule has 0 spiro atoms. The van der Waals surface area contributed by atoms with Gasteiger partial charge in [0.1, 0.15) is 18.2 Å². The summed E-state index contributed by atoms with van der Waals surface area (Å²) >= 11 is 0. The van der Waals surface area contributed by atoms with Crippen molar-refractivity contribution in [3.05, 3.63) is 89.0 Å². The molecule has 0 fully saturated rings. The van der Waals surface area contributed by atoms with Gasteiger partial charge in [0.15, 0.2) is 5.69 Å². The summed E-state index contributed by atoms with van der Waals surface area (Å²) in [6.07, 6.45) is 0.933. The highest BCUT2D eigenvalue weighted by molar-refractivity contribution is 6.15. The summed E-state index contributed by atoms with van der Waals surface area (Å²) in [6, 6.07) is 11.9. The standard InChI is InChI=1S/C31H29N2O/c1-19(2)15-22-16-21(4)33(5)27(17-22)28-20(3)11-13-26-29-24(18-32)12-14-25(30(29)34-31(26)28)23-9-7-6-8-10-23/h6-14,16-17,19H,15H2,1-5H3/q+1/i6D,7D,8D,9D,10D. The lowest BCUT2D eigenvalue weighted by Crippen LogP contribution is -2.35. The van der Waals surface area contributed by atoms with E-state index in [4.69, 9.17) is 11.3 Å². The Kier molecular flexibility index (Phi) is 4.15. The van der Waals surface area contributed by atoms with Crippen molar-refractivity contribution in [3.8, 4) is 28.5 Å². The number of nitrogens with zero attached hydrogens (tertiary/aromatic N) is 2. The molecular formula is C31H29N2O+. The van der Waals surface area contributed by atoms with Crippen molar-refractivity contribution in [3.63, 3.8) is 0 Å². The van der Waals surface area contributed by atoms with Crippen LogP contribution in [-0.4, -0.2) is 0 Å². The molecule has 0 N–H and O–H groups in total. The van der Waals surface area contributed by atoms with E-state index < -0.39 is 18.1 Å². The lowest BCUT2D eigenvalue weighted by atomic mass is 9.95. The van der Waals surface area contributed by atoms with E-state index in [1.165, 1.54) is 5.56 Å². The Labute approximate surface area is 207 Å². The van der Waals surface area contributed by atoms with Crippen LogP contribution in [0.3, 0.4) is 0 Å². The number of aryl methyl sites for hydroxylation is 2. The largest absolute Gasteiger partial charge is 0.454 e. The highest BCUT2D eigenvalue weighted by atomic mass is 16.3. The maximum atomic E-state index is 10.00.